The van der Waals surface area contributed by atoms with E-state index >= 15 is 0 Å². The molecule has 11 heteroatoms. The number of aromatic nitrogens is 1. The zero-order chi connectivity index (χ0) is 25.3. The van der Waals surface area contributed by atoms with Gasteiger partial charge in [0, 0.05) is 37.1 Å². The van der Waals surface area contributed by atoms with Crippen molar-refractivity contribution >= 4 is 33.0 Å². The molecule has 2 fully saturated rings. The number of amides is 2. The van der Waals surface area contributed by atoms with Gasteiger partial charge in [0.1, 0.15) is 0 Å². The average molecular weight is 513 g/mol. The third-order valence-electron chi connectivity index (χ3n) is 6.56. The highest BCUT2D eigenvalue weighted by Gasteiger charge is 2.40. The molecule has 0 atom stereocenters. The Kier molecular flexibility index (Phi) is 6.66. The van der Waals surface area contributed by atoms with Gasteiger partial charge in [-0.2, -0.15) is 13.5 Å². The number of carbonyl (C=O) groups is 1. The Balaban J connectivity index is 1.26. The molecule has 3 heterocycles. The summed E-state index contributed by atoms with van der Waals surface area (Å²) in [7, 11) is -4.50. The number of aryl methyl sites for hydroxylation is 1. The minimum atomic E-state index is -4.50. The number of benzene rings is 2. The van der Waals surface area contributed by atoms with Crippen molar-refractivity contribution in [2.24, 2.45) is 0 Å². The Morgan fingerprint density at radius 2 is 1.69 bits per heavy atom. The number of carbonyl (C=O) groups excluding carboxylic acids is 1. The fourth-order valence-corrected chi connectivity index (χ4v) is 5.40. The number of aliphatic hydroxyl groups is 1. The number of nitrogens with zero attached hydrogens (tertiary/aromatic N) is 4. The number of fused-ring (bicyclic) bond motifs is 1. The molecule has 0 unspecified atom stereocenters. The Morgan fingerprint density at radius 1 is 1.00 bits per heavy atom. The maximum Gasteiger partial charge on any atom is 0.442 e. The zero-order valence-electron chi connectivity index (χ0n) is 19.9. The van der Waals surface area contributed by atoms with E-state index in [2.05, 4.69) is 9.88 Å². The van der Waals surface area contributed by atoms with Crippen LogP contribution in [0.4, 0.5) is 10.5 Å². The summed E-state index contributed by atoms with van der Waals surface area (Å²) in [5.41, 5.74) is 1.78. The minimum Gasteiger partial charge on any atom is -0.389 e. The quantitative estimate of drug-likeness (QED) is 0.537. The first-order chi connectivity index (χ1) is 17.2. The molecule has 3 aromatic rings. The Bertz CT molecular complexity index is 1360. The van der Waals surface area contributed by atoms with Crippen molar-refractivity contribution in [1.82, 2.24) is 14.9 Å². The second-order valence-corrected chi connectivity index (χ2v) is 10.4. The number of pyridine rings is 1. The van der Waals surface area contributed by atoms with Crippen molar-refractivity contribution in [2.45, 2.75) is 31.8 Å². The van der Waals surface area contributed by atoms with Crippen molar-refractivity contribution in [1.29, 1.82) is 0 Å². The van der Waals surface area contributed by atoms with Gasteiger partial charge in [0.25, 0.3) is 0 Å². The van der Waals surface area contributed by atoms with Crippen LogP contribution in [-0.2, 0) is 25.4 Å². The standard InChI is InChI=1S/C25H28N4O6S/c1-19-17-23(21-9-5-6-10-22(21)26-19)29-24(30)28(34-36(32,33)35-29)16-15-27-13-11-25(31,12-14-27)18-20-7-3-2-4-8-20/h2-10,17,31H,11-16,18H2,1H3. The average Bonchev–Trinajstić information content (AvgIpc) is 2.85. The second-order valence-electron chi connectivity index (χ2n) is 9.26. The molecule has 0 spiro atoms. The van der Waals surface area contributed by atoms with Gasteiger partial charge in [0.2, 0.25) is 0 Å². The lowest BCUT2D eigenvalue weighted by atomic mass is 9.85. The number of piperidine rings is 1. The van der Waals surface area contributed by atoms with E-state index in [4.69, 9.17) is 8.57 Å². The summed E-state index contributed by atoms with van der Waals surface area (Å²) < 4.78 is 34.6. The molecule has 2 aliphatic rings. The monoisotopic (exact) mass is 512 g/mol. The van der Waals surface area contributed by atoms with E-state index in [1.54, 1.807) is 31.2 Å². The molecule has 2 saturated heterocycles. The highest BCUT2D eigenvalue weighted by Crippen LogP contribution is 2.31. The molecule has 36 heavy (non-hydrogen) atoms. The van der Waals surface area contributed by atoms with Crippen LogP contribution in [0.3, 0.4) is 0 Å². The number of likely N-dealkylation sites (tertiary alicyclic amines) is 1. The predicted molar refractivity (Wildman–Crippen MR) is 133 cm³/mol. The van der Waals surface area contributed by atoms with E-state index < -0.39 is 22.0 Å². The lowest BCUT2D eigenvalue weighted by molar-refractivity contribution is -0.0598. The summed E-state index contributed by atoms with van der Waals surface area (Å²) in [6.07, 6.45) is 1.73. The maximum absolute atomic E-state index is 13.2. The number of hydrogen-bond donors (Lipinski definition) is 1. The number of para-hydroxylation sites is 1. The van der Waals surface area contributed by atoms with E-state index in [-0.39, 0.29) is 12.2 Å². The molecule has 2 aromatic carbocycles. The van der Waals surface area contributed by atoms with E-state index in [9.17, 15) is 18.3 Å². The van der Waals surface area contributed by atoms with Gasteiger partial charge < -0.3 is 10.0 Å². The molecule has 0 bridgehead atoms. The molecule has 2 aliphatic heterocycles. The summed E-state index contributed by atoms with van der Waals surface area (Å²) >= 11 is 0. The Labute approximate surface area is 209 Å². The van der Waals surface area contributed by atoms with Crippen LogP contribution >= 0.6 is 0 Å². The zero-order valence-corrected chi connectivity index (χ0v) is 20.7. The van der Waals surface area contributed by atoms with Gasteiger partial charge in [-0.15, -0.1) is 13.6 Å². The molecule has 1 aromatic heterocycles. The molecular formula is C25H28N4O6S. The fourth-order valence-electron chi connectivity index (χ4n) is 4.69. The lowest BCUT2D eigenvalue weighted by Crippen LogP contribution is -2.54. The fraction of sp³-hybridized carbons (Fsp3) is 0.360. The van der Waals surface area contributed by atoms with E-state index in [1.807, 2.05) is 36.4 Å². The summed E-state index contributed by atoms with van der Waals surface area (Å²) in [5.74, 6) is 0. The highest BCUT2D eigenvalue weighted by atomic mass is 32.3. The molecular weight excluding hydrogens is 484 g/mol. The van der Waals surface area contributed by atoms with Crippen LogP contribution in [-0.4, -0.2) is 66.3 Å². The molecule has 5 rings (SSSR count). The predicted octanol–water partition coefficient (Wildman–Crippen LogP) is 2.96. The first kappa shape index (κ1) is 24.6. The number of rotatable bonds is 6. The molecule has 190 valence electrons. The van der Waals surface area contributed by atoms with Crippen molar-refractivity contribution in [3.05, 3.63) is 71.9 Å². The third-order valence-corrected chi connectivity index (χ3v) is 7.25. The molecule has 10 nitrogen and oxygen atoms in total. The second kappa shape index (κ2) is 9.75. The van der Waals surface area contributed by atoms with Gasteiger partial charge in [0.05, 0.1) is 23.3 Å². The Hall–Kier alpha value is -3.09. The number of anilines is 1. The Morgan fingerprint density at radius 3 is 2.44 bits per heavy atom. The molecule has 0 aliphatic carbocycles. The van der Waals surface area contributed by atoms with Crippen LogP contribution < -0.4 is 5.06 Å². The topological polar surface area (TPSA) is 113 Å². The summed E-state index contributed by atoms with van der Waals surface area (Å²) in [4.78, 5) is 19.7. The van der Waals surface area contributed by atoms with Crippen LogP contribution in [0.15, 0.2) is 60.7 Å². The van der Waals surface area contributed by atoms with E-state index in [0.29, 0.717) is 55.5 Å². The summed E-state index contributed by atoms with van der Waals surface area (Å²) in [6.45, 7) is 3.38. The molecule has 0 saturated carbocycles. The van der Waals surface area contributed by atoms with Crippen LogP contribution in [0.1, 0.15) is 24.1 Å². The van der Waals surface area contributed by atoms with Crippen molar-refractivity contribution in [2.75, 3.05) is 31.2 Å². The van der Waals surface area contributed by atoms with Gasteiger partial charge >= 0.3 is 16.4 Å². The highest BCUT2D eigenvalue weighted by molar-refractivity contribution is 7.82. The largest absolute Gasteiger partial charge is 0.442 e. The molecule has 0 radical (unpaired) electrons. The van der Waals surface area contributed by atoms with Gasteiger partial charge in [-0.3, -0.25) is 4.98 Å². The summed E-state index contributed by atoms with van der Waals surface area (Å²) in [6, 6.07) is 17.8. The first-order valence-electron chi connectivity index (χ1n) is 11.8. The molecule has 2 amide bonds. The maximum atomic E-state index is 13.2. The van der Waals surface area contributed by atoms with E-state index in [1.165, 1.54) is 0 Å². The van der Waals surface area contributed by atoms with Crippen molar-refractivity contribution in [3.8, 4) is 0 Å². The van der Waals surface area contributed by atoms with E-state index in [0.717, 1.165) is 15.7 Å². The SMILES string of the molecule is Cc1cc(N2OS(=O)(=O)ON(CCN3CCC(O)(Cc4ccccc4)CC3)C2=O)c2ccccc2n1. The van der Waals surface area contributed by atoms with Gasteiger partial charge in [0.15, 0.2) is 0 Å². The van der Waals surface area contributed by atoms with Gasteiger partial charge in [-0.05, 0) is 37.5 Å². The number of urea groups is 1. The van der Waals surface area contributed by atoms with Crippen molar-refractivity contribution < 1.29 is 26.9 Å². The minimum absolute atomic E-state index is 0.0109. The number of hydrogen-bond acceptors (Lipinski definition) is 8. The van der Waals surface area contributed by atoms with Crippen LogP contribution in [0.2, 0.25) is 0 Å². The van der Waals surface area contributed by atoms with Gasteiger partial charge in [-0.1, -0.05) is 48.5 Å². The molecule has 1 N–H and O–H groups in total. The lowest BCUT2D eigenvalue weighted by Gasteiger charge is -2.39. The van der Waals surface area contributed by atoms with Crippen LogP contribution in [0, 0.1) is 6.92 Å². The normalized spacial score (nSPS) is 20.1. The first-order valence-corrected chi connectivity index (χ1v) is 13.2. The van der Waals surface area contributed by atoms with Gasteiger partial charge in [-0.25, -0.2) is 4.79 Å². The smallest absolute Gasteiger partial charge is 0.389 e. The van der Waals surface area contributed by atoms with Crippen LogP contribution in [0.5, 0.6) is 0 Å². The third kappa shape index (κ3) is 5.35. The van der Waals surface area contributed by atoms with Crippen molar-refractivity contribution in [3.63, 3.8) is 0 Å². The van der Waals surface area contributed by atoms with Crippen LogP contribution in [0.25, 0.3) is 10.9 Å². The number of hydroxylamine groups is 3. The summed E-state index contributed by atoms with van der Waals surface area (Å²) in [5, 5.41) is 13.1.